The summed E-state index contributed by atoms with van der Waals surface area (Å²) in [6.07, 6.45) is 31.7. The molecule has 1 aliphatic heterocycles. The van der Waals surface area contributed by atoms with Crippen molar-refractivity contribution in [2.24, 2.45) is 0 Å². The Morgan fingerprint density at radius 3 is 1.62 bits per heavy atom. The maximum absolute atomic E-state index is 12.7. The van der Waals surface area contributed by atoms with Crippen LogP contribution in [0.2, 0.25) is 0 Å². The predicted octanol–water partition coefficient (Wildman–Crippen LogP) is 8.78. The summed E-state index contributed by atoms with van der Waals surface area (Å²) in [7, 11) is -4.61. The molecule has 0 bridgehead atoms. The van der Waals surface area contributed by atoms with Crippen LogP contribution < -0.4 is 0 Å². The van der Waals surface area contributed by atoms with Gasteiger partial charge in [0.2, 0.25) is 0 Å². The lowest BCUT2D eigenvalue weighted by Gasteiger charge is -2.40. The minimum atomic E-state index is -4.61. The van der Waals surface area contributed by atoms with Crippen LogP contribution in [0.4, 0.5) is 0 Å². The van der Waals surface area contributed by atoms with Crippen LogP contribution in [-0.4, -0.2) is 96.0 Å². The van der Waals surface area contributed by atoms with Gasteiger partial charge in [-0.05, 0) is 64.2 Å². The summed E-state index contributed by atoms with van der Waals surface area (Å²) < 4.78 is 53.9. The molecule has 0 amide bonds. The average Bonchev–Trinajstić information content (AvgIpc) is 3.18. The van der Waals surface area contributed by atoms with Crippen LogP contribution in [0, 0.1) is 0 Å². The zero-order chi connectivity index (χ0) is 42.7. The highest BCUT2D eigenvalue weighted by Crippen LogP contribution is 2.24. The lowest BCUT2D eigenvalue weighted by molar-refractivity contribution is -0.297. The Balaban J connectivity index is 2.49. The highest BCUT2D eigenvalue weighted by molar-refractivity contribution is 7.85. The zero-order valence-electron chi connectivity index (χ0n) is 35.6. The van der Waals surface area contributed by atoms with Gasteiger partial charge in [-0.15, -0.1) is 0 Å². The molecule has 58 heavy (non-hydrogen) atoms. The smallest absolute Gasteiger partial charge is 0.306 e. The summed E-state index contributed by atoms with van der Waals surface area (Å²) in [5, 5.41) is 30.8. The van der Waals surface area contributed by atoms with E-state index in [1.807, 2.05) is 12.2 Å². The maximum Gasteiger partial charge on any atom is 0.306 e. The topological polar surface area (TPSA) is 186 Å². The van der Waals surface area contributed by atoms with Gasteiger partial charge in [-0.2, -0.15) is 8.42 Å². The first-order valence-electron chi connectivity index (χ1n) is 22.2. The van der Waals surface area contributed by atoms with Crippen molar-refractivity contribution < 1.29 is 56.8 Å². The van der Waals surface area contributed by atoms with Crippen molar-refractivity contribution in [2.45, 2.75) is 205 Å². The van der Waals surface area contributed by atoms with E-state index in [1.165, 1.54) is 77.0 Å². The quantitative estimate of drug-likeness (QED) is 0.0204. The van der Waals surface area contributed by atoms with Gasteiger partial charge in [0.15, 0.2) is 12.4 Å². The number of esters is 2. The second-order valence-electron chi connectivity index (χ2n) is 15.4. The van der Waals surface area contributed by atoms with E-state index in [2.05, 4.69) is 50.3 Å². The van der Waals surface area contributed by atoms with Crippen LogP contribution >= 0.6 is 0 Å². The number of aliphatic hydroxyl groups is 3. The van der Waals surface area contributed by atoms with Gasteiger partial charge in [0.25, 0.3) is 10.1 Å². The summed E-state index contributed by atoms with van der Waals surface area (Å²) in [6, 6.07) is 0. The molecule has 0 aromatic heterocycles. The Morgan fingerprint density at radius 1 is 0.586 bits per heavy atom. The predicted molar refractivity (Wildman–Crippen MR) is 229 cm³/mol. The van der Waals surface area contributed by atoms with Crippen molar-refractivity contribution in [1.29, 1.82) is 0 Å². The molecule has 0 aromatic carbocycles. The van der Waals surface area contributed by atoms with Crippen LogP contribution in [0.3, 0.4) is 0 Å². The molecule has 1 fully saturated rings. The van der Waals surface area contributed by atoms with Crippen molar-refractivity contribution in [2.75, 3.05) is 19.0 Å². The van der Waals surface area contributed by atoms with Crippen LogP contribution in [0.5, 0.6) is 0 Å². The number of hydrogen-bond acceptors (Lipinski definition) is 11. The summed E-state index contributed by atoms with van der Waals surface area (Å²) in [5.41, 5.74) is 0. The largest absolute Gasteiger partial charge is 0.462 e. The SMILES string of the molecule is CCCCC/C=C/C/C=C/CCCCCCCCCC(=O)OCC(CO[C@H]1O[C@H](CS(=O)(=O)O)[C@@H](O)C(O)C1O)OC(=O)CC/C=C/C/C=C/CCCCCCCC. The molecule has 0 aliphatic carbocycles. The van der Waals surface area contributed by atoms with Crippen molar-refractivity contribution in [3.63, 3.8) is 0 Å². The molecule has 336 valence electrons. The van der Waals surface area contributed by atoms with Crippen LogP contribution in [0.15, 0.2) is 48.6 Å². The summed E-state index contributed by atoms with van der Waals surface area (Å²) >= 11 is 0. The third-order valence-electron chi connectivity index (χ3n) is 9.89. The van der Waals surface area contributed by atoms with Gasteiger partial charge in [0.1, 0.15) is 36.8 Å². The van der Waals surface area contributed by atoms with Gasteiger partial charge in [-0.3, -0.25) is 14.1 Å². The van der Waals surface area contributed by atoms with E-state index < -0.39 is 71.2 Å². The second kappa shape index (κ2) is 35.4. The number of hydrogen-bond donors (Lipinski definition) is 4. The fourth-order valence-electron chi connectivity index (χ4n) is 6.41. The van der Waals surface area contributed by atoms with E-state index in [0.717, 1.165) is 51.4 Å². The summed E-state index contributed by atoms with van der Waals surface area (Å²) in [4.78, 5) is 25.3. The third kappa shape index (κ3) is 29.8. The lowest BCUT2D eigenvalue weighted by Crippen LogP contribution is -2.60. The molecule has 13 heteroatoms. The van der Waals surface area contributed by atoms with Crippen LogP contribution in [0.1, 0.15) is 168 Å². The fraction of sp³-hybridized carbons (Fsp3) is 0.778. The molecule has 0 radical (unpaired) electrons. The van der Waals surface area contributed by atoms with Gasteiger partial charge in [-0.1, -0.05) is 140 Å². The number of ether oxygens (including phenoxy) is 4. The lowest BCUT2D eigenvalue weighted by atomic mass is 10.00. The number of unbranched alkanes of at least 4 members (excludes halogenated alkanes) is 16. The molecule has 6 atom stereocenters. The van der Waals surface area contributed by atoms with E-state index in [4.69, 9.17) is 18.9 Å². The number of allylic oxidation sites excluding steroid dienone is 8. The Morgan fingerprint density at radius 2 is 1.07 bits per heavy atom. The minimum Gasteiger partial charge on any atom is -0.462 e. The van der Waals surface area contributed by atoms with Gasteiger partial charge in [0, 0.05) is 12.8 Å². The molecular formula is C45H78O12S. The first-order chi connectivity index (χ1) is 28.0. The second-order valence-corrected chi connectivity index (χ2v) is 16.9. The number of aliphatic hydroxyl groups excluding tert-OH is 3. The molecule has 3 unspecified atom stereocenters. The summed E-state index contributed by atoms with van der Waals surface area (Å²) in [6.45, 7) is 3.66. The Labute approximate surface area is 350 Å². The van der Waals surface area contributed by atoms with Gasteiger partial charge < -0.3 is 34.3 Å². The van der Waals surface area contributed by atoms with E-state index in [0.29, 0.717) is 12.8 Å². The highest BCUT2D eigenvalue weighted by atomic mass is 32.2. The summed E-state index contributed by atoms with van der Waals surface area (Å²) in [5.74, 6) is -2.08. The Bertz CT molecular complexity index is 1260. The first kappa shape index (κ1) is 53.6. The number of carbonyl (C=O) groups is 2. The fourth-order valence-corrected chi connectivity index (χ4v) is 7.10. The first-order valence-corrected chi connectivity index (χ1v) is 23.8. The Hall–Kier alpha value is -2.39. The molecule has 0 spiro atoms. The van der Waals surface area contributed by atoms with Gasteiger partial charge in [0.05, 0.1) is 6.61 Å². The third-order valence-corrected chi connectivity index (χ3v) is 10.6. The zero-order valence-corrected chi connectivity index (χ0v) is 36.5. The monoisotopic (exact) mass is 843 g/mol. The molecule has 1 aliphatic rings. The molecule has 1 saturated heterocycles. The average molecular weight is 843 g/mol. The van der Waals surface area contributed by atoms with Crippen molar-refractivity contribution >= 4 is 22.1 Å². The molecule has 1 rings (SSSR count). The van der Waals surface area contributed by atoms with Crippen LogP contribution in [-0.2, 0) is 38.7 Å². The normalized spacial score (nSPS) is 20.8. The number of rotatable bonds is 36. The minimum absolute atomic E-state index is 0.0554. The molecule has 0 saturated carbocycles. The molecular weight excluding hydrogens is 765 g/mol. The molecule has 0 aromatic rings. The molecule has 4 N–H and O–H groups in total. The molecule has 12 nitrogen and oxygen atoms in total. The van der Waals surface area contributed by atoms with Crippen LogP contribution in [0.25, 0.3) is 0 Å². The highest BCUT2D eigenvalue weighted by Gasteiger charge is 2.46. The van der Waals surface area contributed by atoms with Crippen molar-refractivity contribution in [3.8, 4) is 0 Å². The Kier molecular flexibility index (Phi) is 32.7. The van der Waals surface area contributed by atoms with Crippen molar-refractivity contribution in [1.82, 2.24) is 0 Å². The van der Waals surface area contributed by atoms with E-state index in [-0.39, 0.29) is 19.4 Å². The van der Waals surface area contributed by atoms with E-state index >= 15 is 0 Å². The standard InChI is InChI=1S/C45H78O12S/c1-3-5-7-9-11-13-15-17-18-19-20-22-23-25-27-29-31-33-40(46)54-35-38(36-55-45-44(50)43(49)42(48)39(57-45)37-58(51,52)53)56-41(47)34-32-30-28-26-24-21-16-14-12-10-8-6-4-2/h11,13,17-18,21,24,28,30,38-39,42-45,48-50H,3-10,12,14-16,19-20,22-23,25-27,29,31-37H2,1-2H3,(H,51,52,53)/b13-11+,18-17+,24-21+,30-28+/t38?,39-,42-,43?,44?,45+/m1/s1. The van der Waals surface area contributed by atoms with Crippen molar-refractivity contribution in [3.05, 3.63) is 48.6 Å². The number of carbonyl (C=O) groups excluding carboxylic acids is 2. The van der Waals surface area contributed by atoms with E-state index in [1.54, 1.807) is 0 Å². The van der Waals surface area contributed by atoms with Gasteiger partial charge in [-0.25, -0.2) is 0 Å². The maximum atomic E-state index is 12.7. The van der Waals surface area contributed by atoms with Gasteiger partial charge >= 0.3 is 11.9 Å². The van der Waals surface area contributed by atoms with E-state index in [9.17, 15) is 37.9 Å². The molecule has 1 heterocycles.